The van der Waals surface area contributed by atoms with Crippen molar-refractivity contribution < 1.29 is 5.11 Å². The lowest BCUT2D eigenvalue weighted by Gasteiger charge is -2.12. The molecule has 4 nitrogen and oxygen atoms in total. The molecule has 0 saturated carbocycles. The predicted octanol–water partition coefficient (Wildman–Crippen LogP) is 2.94. The van der Waals surface area contributed by atoms with Gasteiger partial charge in [0.15, 0.2) is 0 Å². The average molecular weight is 277 g/mol. The summed E-state index contributed by atoms with van der Waals surface area (Å²) in [5.74, 6) is 0.871. The molecule has 0 unspecified atom stereocenters. The third-order valence-corrected chi connectivity index (χ3v) is 3.42. The molecule has 19 heavy (non-hydrogen) atoms. The van der Waals surface area contributed by atoms with Crippen molar-refractivity contribution in [2.75, 3.05) is 5.32 Å². The molecule has 0 amide bonds. The van der Waals surface area contributed by atoms with Crippen molar-refractivity contribution in [2.24, 2.45) is 0 Å². The molecular formula is C14H19N3OS. The molecule has 0 spiro atoms. The van der Waals surface area contributed by atoms with Crippen LogP contribution < -0.4 is 5.32 Å². The Morgan fingerprint density at radius 2 is 1.79 bits per heavy atom. The first kappa shape index (κ1) is 14.0. The lowest BCUT2D eigenvalue weighted by atomic mass is 9.96. The number of hydrogen-bond acceptors (Lipinski definition) is 5. The van der Waals surface area contributed by atoms with Gasteiger partial charge >= 0.3 is 0 Å². The minimum atomic E-state index is -0.0147. The first-order valence-corrected chi connectivity index (χ1v) is 7.03. The van der Waals surface area contributed by atoms with Crippen LogP contribution >= 0.6 is 11.5 Å². The molecule has 0 aliphatic heterocycles. The lowest BCUT2D eigenvalue weighted by Crippen LogP contribution is -2.13. The average Bonchev–Trinajstić information content (AvgIpc) is 2.86. The normalized spacial score (nSPS) is 11.6. The van der Waals surface area contributed by atoms with Crippen molar-refractivity contribution in [3.63, 3.8) is 0 Å². The molecule has 0 aliphatic rings. The number of nitrogens with zero attached hydrogens (tertiary/aromatic N) is 2. The number of rotatable bonds is 4. The van der Waals surface area contributed by atoms with Crippen LogP contribution in [0.5, 0.6) is 0 Å². The highest BCUT2D eigenvalue weighted by Gasteiger charge is 2.19. The van der Waals surface area contributed by atoms with Gasteiger partial charge in [0.1, 0.15) is 5.82 Å². The van der Waals surface area contributed by atoms with Gasteiger partial charge in [-0.15, -0.1) is 0 Å². The Balaban J connectivity index is 1.96. The van der Waals surface area contributed by atoms with E-state index in [0.29, 0.717) is 6.54 Å². The second-order valence-electron chi connectivity index (χ2n) is 5.50. The van der Waals surface area contributed by atoms with Crippen LogP contribution in [0.4, 0.5) is 5.13 Å². The number of nitrogens with one attached hydrogen (secondary N) is 1. The fraction of sp³-hybridized carbons (Fsp3) is 0.429. The van der Waals surface area contributed by atoms with E-state index in [0.717, 1.165) is 22.1 Å². The highest BCUT2D eigenvalue weighted by Crippen LogP contribution is 2.23. The van der Waals surface area contributed by atoms with Gasteiger partial charge in [0.25, 0.3) is 0 Å². The topological polar surface area (TPSA) is 58.0 Å². The maximum atomic E-state index is 8.98. The van der Waals surface area contributed by atoms with E-state index >= 15 is 0 Å². The quantitative estimate of drug-likeness (QED) is 0.902. The monoisotopic (exact) mass is 277 g/mol. The molecule has 2 N–H and O–H groups in total. The summed E-state index contributed by atoms with van der Waals surface area (Å²) in [6.07, 6.45) is 0. The summed E-state index contributed by atoms with van der Waals surface area (Å²) in [6, 6.07) is 7.86. The smallest absolute Gasteiger partial charge is 0.202 e. The van der Waals surface area contributed by atoms with Crippen LogP contribution in [0.25, 0.3) is 0 Å². The Hall–Kier alpha value is -1.46. The van der Waals surface area contributed by atoms with Gasteiger partial charge in [-0.1, -0.05) is 45.0 Å². The predicted molar refractivity (Wildman–Crippen MR) is 78.3 cm³/mol. The molecule has 1 heterocycles. The molecular weight excluding hydrogens is 258 g/mol. The maximum Gasteiger partial charge on any atom is 0.202 e. The Kier molecular flexibility index (Phi) is 4.17. The Bertz CT molecular complexity index is 528. The molecule has 2 aromatic rings. The SMILES string of the molecule is CC(C)(C)c1nsc(NCc2ccc(CO)cc2)n1. The van der Waals surface area contributed by atoms with E-state index in [-0.39, 0.29) is 12.0 Å². The van der Waals surface area contributed by atoms with E-state index < -0.39 is 0 Å². The van der Waals surface area contributed by atoms with E-state index in [1.807, 2.05) is 24.3 Å². The first-order chi connectivity index (χ1) is 8.99. The van der Waals surface area contributed by atoms with E-state index in [1.165, 1.54) is 11.5 Å². The van der Waals surface area contributed by atoms with Gasteiger partial charge in [-0.05, 0) is 11.1 Å². The Morgan fingerprint density at radius 3 is 2.32 bits per heavy atom. The molecule has 102 valence electrons. The van der Waals surface area contributed by atoms with Gasteiger partial charge in [0.05, 0.1) is 6.61 Å². The number of aliphatic hydroxyl groups excluding tert-OH is 1. The van der Waals surface area contributed by atoms with Crippen LogP contribution in [0.1, 0.15) is 37.7 Å². The third kappa shape index (κ3) is 3.75. The highest BCUT2D eigenvalue weighted by molar-refractivity contribution is 7.09. The molecule has 5 heteroatoms. The second kappa shape index (κ2) is 5.67. The van der Waals surface area contributed by atoms with Crippen molar-refractivity contribution in [2.45, 2.75) is 39.3 Å². The van der Waals surface area contributed by atoms with Crippen LogP contribution in [0.2, 0.25) is 0 Å². The van der Waals surface area contributed by atoms with E-state index in [2.05, 4.69) is 35.4 Å². The van der Waals surface area contributed by atoms with Gasteiger partial charge in [-0.25, -0.2) is 4.98 Å². The molecule has 0 fully saturated rings. The van der Waals surface area contributed by atoms with Crippen molar-refractivity contribution in [3.8, 4) is 0 Å². The Morgan fingerprint density at radius 1 is 1.16 bits per heavy atom. The van der Waals surface area contributed by atoms with Gasteiger partial charge in [-0.3, -0.25) is 0 Å². The van der Waals surface area contributed by atoms with Crippen molar-refractivity contribution >= 4 is 16.7 Å². The standard InChI is InChI=1S/C14H19N3OS/c1-14(2,3)12-16-13(19-17-12)15-8-10-4-6-11(9-18)7-5-10/h4-7,18H,8-9H2,1-3H3,(H,15,16,17). The first-order valence-electron chi connectivity index (χ1n) is 6.26. The van der Waals surface area contributed by atoms with Crippen LogP contribution in [0.15, 0.2) is 24.3 Å². The molecule has 1 aromatic carbocycles. The fourth-order valence-electron chi connectivity index (χ4n) is 1.54. The Labute approximate surface area is 117 Å². The molecule has 2 rings (SSSR count). The van der Waals surface area contributed by atoms with Gasteiger partial charge < -0.3 is 10.4 Å². The number of aromatic nitrogens is 2. The molecule has 0 radical (unpaired) electrons. The summed E-state index contributed by atoms with van der Waals surface area (Å²) in [5, 5.41) is 13.1. The number of aliphatic hydroxyl groups is 1. The van der Waals surface area contributed by atoms with Crippen molar-refractivity contribution in [1.82, 2.24) is 9.36 Å². The highest BCUT2D eigenvalue weighted by atomic mass is 32.1. The zero-order chi connectivity index (χ0) is 13.9. The maximum absolute atomic E-state index is 8.98. The second-order valence-corrected chi connectivity index (χ2v) is 6.25. The summed E-state index contributed by atoms with van der Waals surface area (Å²) in [5.41, 5.74) is 2.07. The van der Waals surface area contributed by atoms with Crippen LogP contribution in [-0.2, 0) is 18.6 Å². The zero-order valence-corrected chi connectivity index (χ0v) is 12.3. The van der Waals surface area contributed by atoms with E-state index in [4.69, 9.17) is 5.11 Å². The van der Waals surface area contributed by atoms with Crippen molar-refractivity contribution in [1.29, 1.82) is 0 Å². The summed E-state index contributed by atoms with van der Waals surface area (Å²) in [7, 11) is 0. The molecule has 1 aromatic heterocycles. The van der Waals surface area contributed by atoms with Crippen LogP contribution in [0, 0.1) is 0 Å². The summed E-state index contributed by atoms with van der Waals surface area (Å²) in [4.78, 5) is 4.49. The third-order valence-electron chi connectivity index (χ3n) is 2.75. The number of hydrogen-bond donors (Lipinski definition) is 2. The number of anilines is 1. The molecule has 0 atom stereocenters. The molecule has 0 bridgehead atoms. The van der Waals surface area contributed by atoms with Crippen LogP contribution in [-0.4, -0.2) is 14.5 Å². The molecule has 0 saturated heterocycles. The van der Waals surface area contributed by atoms with Gasteiger partial charge in [0, 0.05) is 23.5 Å². The summed E-state index contributed by atoms with van der Waals surface area (Å²) >= 11 is 1.39. The van der Waals surface area contributed by atoms with E-state index in [9.17, 15) is 0 Å². The lowest BCUT2D eigenvalue weighted by molar-refractivity contribution is 0.282. The van der Waals surface area contributed by atoms with E-state index in [1.54, 1.807) is 0 Å². The number of benzene rings is 1. The minimum absolute atomic E-state index is 0.0147. The fourth-order valence-corrected chi connectivity index (χ4v) is 2.29. The summed E-state index contributed by atoms with van der Waals surface area (Å²) in [6.45, 7) is 7.11. The molecule has 0 aliphatic carbocycles. The largest absolute Gasteiger partial charge is 0.392 e. The minimum Gasteiger partial charge on any atom is -0.392 e. The van der Waals surface area contributed by atoms with Crippen molar-refractivity contribution in [3.05, 3.63) is 41.2 Å². The summed E-state index contributed by atoms with van der Waals surface area (Å²) < 4.78 is 4.36. The van der Waals surface area contributed by atoms with Gasteiger partial charge in [0.2, 0.25) is 5.13 Å². The van der Waals surface area contributed by atoms with Gasteiger partial charge in [-0.2, -0.15) is 4.37 Å². The zero-order valence-electron chi connectivity index (χ0n) is 11.5. The van der Waals surface area contributed by atoms with Crippen LogP contribution in [0.3, 0.4) is 0 Å².